The molecule has 2 heterocycles. The fourth-order valence-corrected chi connectivity index (χ4v) is 2.91. The molecule has 2 N–H and O–H groups in total. The van der Waals surface area contributed by atoms with Gasteiger partial charge in [-0.1, -0.05) is 49.4 Å². The number of hydrogen-bond donors (Lipinski definition) is 1. The van der Waals surface area contributed by atoms with Crippen molar-refractivity contribution in [2.75, 3.05) is 0 Å². The van der Waals surface area contributed by atoms with Gasteiger partial charge in [0.25, 0.3) is 0 Å². The highest BCUT2D eigenvalue weighted by Crippen LogP contribution is 2.25. The Balaban J connectivity index is 1.95. The predicted molar refractivity (Wildman–Crippen MR) is 83.0 cm³/mol. The normalized spacial score (nSPS) is 13.2. The van der Waals surface area contributed by atoms with E-state index in [2.05, 4.69) is 48.2 Å². The van der Waals surface area contributed by atoms with E-state index < -0.39 is 0 Å². The molecule has 0 spiro atoms. The van der Waals surface area contributed by atoms with Crippen LogP contribution < -0.4 is 5.73 Å². The van der Waals surface area contributed by atoms with E-state index in [0.29, 0.717) is 5.92 Å². The Morgan fingerprint density at radius 3 is 2.40 bits per heavy atom. The van der Waals surface area contributed by atoms with Crippen molar-refractivity contribution in [3.05, 3.63) is 41.0 Å². The Hall–Kier alpha value is -1.72. The van der Waals surface area contributed by atoms with Gasteiger partial charge in [0.15, 0.2) is 0 Å². The van der Waals surface area contributed by atoms with Crippen molar-refractivity contribution < 1.29 is 0 Å². The zero-order valence-electron chi connectivity index (χ0n) is 11.9. The Kier molecular flexibility index (Phi) is 3.31. The van der Waals surface area contributed by atoms with Crippen LogP contribution in [-0.2, 0) is 0 Å². The van der Waals surface area contributed by atoms with E-state index in [1.807, 2.05) is 17.6 Å². The van der Waals surface area contributed by atoms with E-state index in [-0.39, 0.29) is 6.04 Å². The van der Waals surface area contributed by atoms with E-state index in [4.69, 9.17) is 5.73 Å². The number of rotatable bonds is 3. The van der Waals surface area contributed by atoms with Crippen molar-refractivity contribution >= 4 is 16.3 Å². The second kappa shape index (κ2) is 5.00. The summed E-state index contributed by atoms with van der Waals surface area (Å²) in [5.74, 6) is 0.546. The van der Waals surface area contributed by atoms with E-state index in [1.165, 1.54) is 5.56 Å². The highest BCUT2D eigenvalue weighted by molar-refractivity contribution is 7.16. The molecule has 1 aromatic carbocycles. The first-order valence-electron chi connectivity index (χ1n) is 6.76. The van der Waals surface area contributed by atoms with Gasteiger partial charge in [0.1, 0.15) is 5.01 Å². The molecule has 20 heavy (non-hydrogen) atoms. The van der Waals surface area contributed by atoms with E-state index >= 15 is 0 Å². The zero-order chi connectivity index (χ0) is 14.3. The molecule has 1 atom stereocenters. The highest BCUT2D eigenvalue weighted by Gasteiger charge is 2.12. The van der Waals surface area contributed by atoms with Gasteiger partial charge in [-0.25, -0.2) is 9.50 Å². The molecule has 4 nitrogen and oxygen atoms in total. The molecule has 3 aromatic rings. The maximum atomic E-state index is 5.84. The molecular weight excluding hydrogens is 268 g/mol. The molecule has 2 aromatic heterocycles. The lowest BCUT2D eigenvalue weighted by molar-refractivity contribution is 0.769. The fraction of sp³-hybridized carbons (Fsp3) is 0.333. The summed E-state index contributed by atoms with van der Waals surface area (Å²) < 4.78 is 1.81. The lowest BCUT2D eigenvalue weighted by Crippen LogP contribution is -2.04. The van der Waals surface area contributed by atoms with Gasteiger partial charge in [0.2, 0.25) is 4.96 Å². The maximum Gasteiger partial charge on any atom is 0.212 e. The van der Waals surface area contributed by atoms with Crippen LogP contribution in [0.25, 0.3) is 16.2 Å². The molecule has 0 bridgehead atoms. The number of fused-ring (bicyclic) bond motifs is 1. The summed E-state index contributed by atoms with van der Waals surface area (Å²) in [5, 5.41) is 5.36. The number of nitrogens with two attached hydrogens (primary N) is 1. The van der Waals surface area contributed by atoms with E-state index in [1.54, 1.807) is 11.3 Å². The fourth-order valence-electron chi connectivity index (χ4n) is 2.08. The number of hydrogen-bond acceptors (Lipinski definition) is 4. The topological polar surface area (TPSA) is 56.2 Å². The summed E-state index contributed by atoms with van der Waals surface area (Å²) in [6.45, 7) is 6.33. The average Bonchev–Trinajstić information content (AvgIpc) is 2.96. The van der Waals surface area contributed by atoms with Crippen LogP contribution in [0.4, 0.5) is 0 Å². The minimum atomic E-state index is -0.0459. The minimum Gasteiger partial charge on any atom is -0.322 e. The van der Waals surface area contributed by atoms with Gasteiger partial charge in [-0.3, -0.25) is 0 Å². The molecule has 0 aliphatic carbocycles. The third-order valence-electron chi connectivity index (χ3n) is 3.32. The third kappa shape index (κ3) is 2.34. The van der Waals surface area contributed by atoms with Gasteiger partial charge < -0.3 is 5.73 Å². The number of imidazole rings is 1. The monoisotopic (exact) mass is 286 g/mol. The molecule has 0 aliphatic heterocycles. The molecule has 1 unspecified atom stereocenters. The second-order valence-electron chi connectivity index (χ2n) is 5.36. The lowest BCUT2D eigenvalue weighted by Gasteiger charge is -2.05. The van der Waals surface area contributed by atoms with Crippen molar-refractivity contribution in [3.8, 4) is 11.3 Å². The van der Waals surface area contributed by atoms with Crippen molar-refractivity contribution in [1.29, 1.82) is 0 Å². The summed E-state index contributed by atoms with van der Waals surface area (Å²) in [5.41, 5.74) is 9.25. The van der Waals surface area contributed by atoms with Gasteiger partial charge in [-0.05, 0) is 18.4 Å². The SMILES string of the molecule is CC(C)c1ccc(-c2cn3nc(C(C)N)sc3n2)cc1. The first kappa shape index (κ1) is 13.3. The van der Waals surface area contributed by atoms with Crippen LogP contribution in [0, 0.1) is 0 Å². The Labute approximate surface area is 122 Å². The molecule has 0 radical (unpaired) electrons. The predicted octanol–water partition coefficient (Wildman–Crippen LogP) is 3.60. The molecule has 104 valence electrons. The molecule has 5 heteroatoms. The number of aromatic nitrogens is 3. The van der Waals surface area contributed by atoms with Crippen molar-refractivity contribution in [3.63, 3.8) is 0 Å². The Morgan fingerprint density at radius 1 is 1.15 bits per heavy atom. The smallest absolute Gasteiger partial charge is 0.212 e. The van der Waals surface area contributed by atoms with Gasteiger partial charge in [-0.2, -0.15) is 5.10 Å². The summed E-state index contributed by atoms with van der Waals surface area (Å²) in [7, 11) is 0. The van der Waals surface area contributed by atoms with E-state index in [9.17, 15) is 0 Å². The first-order valence-corrected chi connectivity index (χ1v) is 7.58. The first-order chi connectivity index (χ1) is 9.54. The minimum absolute atomic E-state index is 0.0459. The van der Waals surface area contributed by atoms with Crippen molar-refractivity contribution in [2.45, 2.75) is 32.7 Å². The lowest BCUT2D eigenvalue weighted by atomic mass is 10.0. The quantitative estimate of drug-likeness (QED) is 0.800. The van der Waals surface area contributed by atoms with Gasteiger partial charge in [0.05, 0.1) is 17.9 Å². The van der Waals surface area contributed by atoms with Crippen LogP contribution in [-0.4, -0.2) is 14.6 Å². The Bertz CT molecular complexity index is 691. The molecule has 0 saturated carbocycles. The maximum absolute atomic E-state index is 5.84. The summed E-state index contributed by atoms with van der Waals surface area (Å²) in [4.78, 5) is 5.51. The van der Waals surface area contributed by atoms with Crippen molar-refractivity contribution in [2.24, 2.45) is 5.73 Å². The van der Waals surface area contributed by atoms with Crippen LogP contribution >= 0.6 is 11.3 Å². The standard InChI is InChI=1S/C15H18N4S/c1-9(2)11-4-6-12(7-5-11)13-8-19-15(17-13)20-14(18-19)10(3)16/h4-10H,16H2,1-3H3. The van der Waals surface area contributed by atoms with Gasteiger partial charge in [0, 0.05) is 5.56 Å². The Morgan fingerprint density at radius 2 is 1.85 bits per heavy atom. The van der Waals surface area contributed by atoms with Gasteiger partial charge in [-0.15, -0.1) is 0 Å². The van der Waals surface area contributed by atoms with Crippen LogP contribution in [0.1, 0.15) is 43.3 Å². The number of benzene rings is 1. The van der Waals surface area contributed by atoms with Gasteiger partial charge >= 0.3 is 0 Å². The molecule has 3 rings (SSSR count). The van der Waals surface area contributed by atoms with Crippen LogP contribution in [0.2, 0.25) is 0 Å². The number of nitrogens with zero attached hydrogens (tertiary/aromatic N) is 3. The second-order valence-corrected chi connectivity index (χ2v) is 6.35. The van der Waals surface area contributed by atoms with Crippen LogP contribution in [0.15, 0.2) is 30.5 Å². The largest absolute Gasteiger partial charge is 0.322 e. The summed E-state index contributed by atoms with van der Waals surface area (Å²) >= 11 is 1.54. The zero-order valence-corrected chi connectivity index (χ0v) is 12.7. The average molecular weight is 286 g/mol. The van der Waals surface area contributed by atoms with E-state index in [0.717, 1.165) is 21.2 Å². The highest BCUT2D eigenvalue weighted by atomic mass is 32.1. The van der Waals surface area contributed by atoms with Crippen LogP contribution in [0.3, 0.4) is 0 Å². The molecule has 0 fully saturated rings. The molecule has 0 amide bonds. The third-order valence-corrected chi connectivity index (χ3v) is 4.44. The van der Waals surface area contributed by atoms with Crippen LogP contribution in [0.5, 0.6) is 0 Å². The van der Waals surface area contributed by atoms with Crippen molar-refractivity contribution in [1.82, 2.24) is 14.6 Å². The summed E-state index contributed by atoms with van der Waals surface area (Å²) in [6, 6.07) is 8.51. The molecule has 0 aliphatic rings. The molecule has 0 saturated heterocycles. The summed E-state index contributed by atoms with van der Waals surface area (Å²) in [6.07, 6.45) is 1.96. The molecular formula is C15H18N4S.